The summed E-state index contributed by atoms with van der Waals surface area (Å²) in [5.41, 5.74) is 0.196. The Hall–Kier alpha value is -1.40. The standard InChI is InChI=1S/C11H8BrNO3S/c12-8-3-1-2-4-9(8)16-6-10-7(11(14)15)5-13-17-10/h1-5H,6H2,(H,14,15). The van der Waals surface area contributed by atoms with Crippen molar-refractivity contribution in [3.05, 3.63) is 45.4 Å². The SMILES string of the molecule is O=C(O)c1cnsc1COc1ccccc1Br. The molecule has 0 saturated carbocycles. The largest absolute Gasteiger partial charge is 0.487 e. The third-order valence-corrected chi connectivity index (χ3v) is 3.50. The van der Waals surface area contributed by atoms with Crippen LogP contribution in [0.3, 0.4) is 0 Å². The van der Waals surface area contributed by atoms with Crippen LogP contribution in [-0.2, 0) is 6.61 Å². The number of ether oxygens (including phenoxy) is 1. The Morgan fingerprint density at radius 2 is 2.24 bits per heavy atom. The molecular weight excluding hydrogens is 306 g/mol. The molecule has 1 heterocycles. The molecule has 88 valence electrons. The Labute approximate surface area is 110 Å². The highest BCUT2D eigenvalue weighted by molar-refractivity contribution is 9.10. The zero-order valence-electron chi connectivity index (χ0n) is 8.59. The zero-order valence-corrected chi connectivity index (χ0v) is 11.0. The van der Waals surface area contributed by atoms with Gasteiger partial charge in [-0.1, -0.05) is 12.1 Å². The van der Waals surface area contributed by atoms with Gasteiger partial charge in [0.2, 0.25) is 0 Å². The number of carbonyl (C=O) groups is 1. The fraction of sp³-hybridized carbons (Fsp3) is 0.0909. The molecule has 0 unspecified atom stereocenters. The topological polar surface area (TPSA) is 59.4 Å². The van der Waals surface area contributed by atoms with Gasteiger partial charge in [0.15, 0.2) is 0 Å². The molecule has 0 aliphatic heterocycles. The zero-order chi connectivity index (χ0) is 12.3. The van der Waals surface area contributed by atoms with E-state index in [-0.39, 0.29) is 12.2 Å². The predicted octanol–water partition coefficient (Wildman–Crippen LogP) is 3.18. The molecule has 4 nitrogen and oxygen atoms in total. The van der Waals surface area contributed by atoms with Crippen molar-refractivity contribution in [2.24, 2.45) is 0 Å². The Morgan fingerprint density at radius 3 is 2.94 bits per heavy atom. The fourth-order valence-electron chi connectivity index (χ4n) is 1.25. The second-order valence-corrected chi connectivity index (χ2v) is 4.93. The third kappa shape index (κ3) is 2.83. The molecule has 17 heavy (non-hydrogen) atoms. The lowest BCUT2D eigenvalue weighted by atomic mass is 10.3. The van der Waals surface area contributed by atoms with E-state index in [1.807, 2.05) is 24.3 Å². The molecule has 0 aliphatic carbocycles. The minimum Gasteiger partial charge on any atom is -0.487 e. The lowest BCUT2D eigenvalue weighted by Crippen LogP contribution is -2.02. The van der Waals surface area contributed by atoms with Gasteiger partial charge in [0.1, 0.15) is 12.4 Å². The second kappa shape index (κ2) is 5.29. The Balaban J connectivity index is 2.10. The van der Waals surface area contributed by atoms with Crippen LogP contribution in [0.2, 0.25) is 0 Å². The average molecular weight is 314 g/mol. The summed E-state index contributed by atoms with van der Waals surface area (Å²) in [5, 5.41) is 8.91. The van der Waals surface area contributed by atoms with Crippen molar-refractivity contribution in [3.63, 3.8) is 0 Å². The van der Waals surface area contributed by atoms with E-state index in [0.29, 0.717) is 10.6 Å². The molecule has 0 amide bonds. The summed E-state index contributed by atoms with van der Waals surface area (Å²) in [4.78, 5) is 11.5. The highest BCUT2D eigenvalue weighted by atomic mass is 79.9. The number of aromatic nitrogens is 1. The van der Waals surface area contributed by atoms with Crippen LogP contribution in [-0.4, -0.2) is 15.4 Å². The van der Waals surface area contributed by atoms with Gasteiger partial charge in [-0.25, -0.2) is 4.79 Å². The molecule has 1 N–H and O–H groups in total. The van der Waals surface area contributed by atoms with Gasteiger partial charge in [0.25, 0.3) is 0 Å². The summed E-state index contributed by atoms with van der Waals surface area (Å²) in [5.74, 6) is -0.304. The van der Waals surface area contributed by atoms with Crippen molar-refractivity contribution in [1.29, 1.82) is 0 Å². The number of benzene rings is 1. The van der Waals surface area contributed by atoms with Crippen LogP contribution in [0.1, 0.15) is 15.2 Å². The fourth-order valence-corrected chi connectivity index (χ4v) is 2.28. The molecule has 0 fully saturated rings. The highest BCUT2D eigenvalue weighted by Crippen LogP contribution is 2.25. The molecule has 0 saturated heterocycles. The van der Waals surface area contributed by atoms with Gasteiger partial charge >= 0.3 is 5.97 Å². The minimum absolute atomic E-state index is 0.196. The number of aromatic carboxylic acids is 1. The molecule has 2 rings (SSSR count). The van der Waals surface area contributed by atoms with Crippen molar-refractivity contribution in [3.8, 4) is 5.75 Å². The summed E-state index contributed by atoms with van der Waals surface area (Å²) in [6.45, 7) is 0.203. The van der Waals surface area contributed by atoms with E-state index in [0.717, 1.165) is 16.0 Å². The van der Waals surface area contributed by atoms with Gasteiger partial charge in [0.05, 0.1) is 21.1 Å². The molecule has 2 aromatic rings. The Morgan fingerprint density at radius 1 is 1.47 bits per heavy atom. The first-order valence-electron chi connectivity index (χ1n) is 4.72. The molecule has 0 atom stereocenters. The minimum atomic E-state index is -0.982. The average Bonchev–Trinajstić information content (AvgIpc) is 2.76. The van der Waals surface area contributed by atoms with Gasteiger partial charge in [-0.2, -0.15) is 4.37 Å². The van der Waals surface area contributed by atoms with E-state index >= 15 is 0 Å². The van der Waals surface area contributed by atoms with Gasteiger partial charge in [-0.3, -0.25) is 0 Å². The Bertz CT molecular complexity index is 541. The molecule has 1 aromatic carbocycles. The Kier molecular flexibility index (Phi) is 3.75. The van der Waals surface area contributed by atoms with Crippen molar-refractivity contribution in [2.45, 2.75) is 6.61 Å². The normalized spacial score (nSPS) is 10.2. The molecule has 6 heteroatoms. The van der Waals surface area contributed by atoms with Gasteiger partial charge in [-0.05, 0) is 39.6 Å². The van der Waals surface area contributed by atoms with E-state index in [1.165, 1.54) is 6.20 Å². The first-order chi connectivity index (χ1) is 8.18. The van der Waals surface area contributed by atoms with Crippen LogP contribution in [0.4, 0.5) is 0 Å². The van der Waals surface area contributed by atoms with Crippen molar-refractivity contribution >= 4 is 33.4 Å². The van der Waals surface area contributed by atoms with Crippen LogP contribution >= 0.6 is 27.5 Å². The smallest absolute Gasteiger partial charge is 0.338 e. The summed E-state index contributed by atoms with van der Waals surface area (Å²) < 4.78 is 10.2. The van der Waals surface area contributed by atoms with Crippen molar-refractivity contribution < 1.29 is 14.6 Å². The lowest BCUT2D eigenvalue weighted by molar-refractivity contribution is 0.0694. The van der Waals surface area contributed by atoms with Crippen LogP contribution in [0.15, 0.2) is 34.9 Å². The van der Waals surface area contributed by atoms with Crippen molar-refractivity contribution in [1.82, 2.24) is 4.37 Å². The molecule has 1 aromatic heterocycles. The van der Waals surface area contributed by atoms with Gasteiger partial charge in [0, 0.05) is 0 Å². The number of hydrogen-bond donors (Lipinski definition) is 1. The van der Waals surface area contributed by atoms with E-state index in [1.54, 1.807) is 0 Å². The number of halogens is 1. The number of nitrogens with zero attached hydrogens (tertiary/aromatic N) is 1. The molecule has 0 spiro atoms. The summed E-state index contributed by atoms with van der Waals surface area (Å²) in [6.07, 6.45) is 1.34. The summed E-state index contributed by atoms with van der Waals surface area (Å²) in [7, 11) is 0. The molecule has 0 bridgehead atoms. The van der Waals surface area contributed by atoms with E-state index in [9.17, 15) is 4.79 Å². The third-order valence-electron chi connectivity index (χ3n) is 2.07. The first kappa shape index (κ1) is 12.1. The van der Waals surface area contributed by atoms with E-state index in [2.05, 4.69) is 20.3 Å². The highest BCUT2D eigenvalue weighted by Gasteiger charge is 2.13. The van der Waals surface area contributed by atoms with Crippen molar-refractivity contribution in [2.75, 3.05) is 0 Å². The summed E-state index contributed by atoms with van der Waals surface area (Å²) in [6, 6.07) is 7.41. The summed E-state index contributed by atoms with van der Waals surface area (Å²) >= 11 is 4.49. The quantitative estimate of drug-likeness (QED) is 0.941. The van der Waals surface area contributed by atoms with Gasteiger partial charge < -0.3 is 9.84 Å². The van der Waals surface area contributed by atoms with Crippen LogP contribution in [0.5, 0.6) is 5.75 Å². The molecular formula is C11H8BrNO3S. The van der Waals surface area contributed by atoms with Crippen LogP contribution < -0.4 is 4.74 Å². The predicted molar refractivity (Wildman–Crippen MR) is 67.5 cm³/mol. The number of rotatable bonds is 4. The van der Waals surface area contributed by atoms with Crippen LogP contribution in [0, 0.1) is 0 Å². The second-order valence-electron chi connectivity index (χ2n) is 3.19. The number of carboxylic acids is 1. The lowest BCUT2D eigenvalue weighted by Gasteiger charge is -2.06. The van der Waals surface area contributed by atoms with E-state index in [4.69, 9.17) is 9.84 Å². The molecule has 0 aliphatic rings. The maximum absolute atomic E-state index is 10.9. The molecule has 0 radical (unpaired) electrons. The van der Waals surface area contributed by atoms with Crippen LogP contribution in [0.25, 0.3) is 0 Å². The number of carboxylic acid groups (broad SMARTS) is 1. The number of hydrogen-bond acceptors (Lipinski definition) is 4. The monoisotopic (exact) mass is 313 g/mol. The first-order valence-corrected chi connectivity index (χ1v) is 6.29. The number of para-hydroxylation sites is 1. The van der Waals surface area contributed by atoms with Gasteiger partial charge in [-0.15, -0.1) is 0 Å². The van der Waals surface area contributed by atoms with E-state index < -0.39 is 5.97 Å². The maximum atomic E-state index is 10.9. The maximum Gasteiger partial charge on any atom is 0.338 e.